The van der Waals surface area contributed by atoms with Gasteiger partial charge >= 0.3 is 0 Å². The Morgan fingerprint density at radius 3 is 2.84 bits per heavy atom. The standard InChI is InChI=1S/C22H27N9O/c1-14(32)26-18-10-17(6-7-19(18)30(3)9-8-24-2)27-20-11-21(28-16-4-5-16)31-22(29-20)15(12-23)13-25-31/h6-7,10-11,13,16,24,28H,4-5,8-9H2,1-3H3,(H,26,32)(H,27,29). The van der Waals surface area contributed by atoms with Crippen LogP contribution in [0.25, 0.3) is 5.65 Å². The number of amides is 1. The minimum atomic E-state index is -0.140. The molecule has 4 rings (SSSR count). The lowest BCUT2D eigenvalue weighted by Crippen LogP contribution is -2.28. The second-order valence-corrected chi connectivity index (χ2v) is 7.91. The minimum absolute atomic E-state index is 0.140. The van der Waals surface area contributed by atoms with E-state index in [1.165, 1.54) is 13.1 Å². The summed E-state index contributed by atoms with van der Waals surface area (Å²) in [6, 6.07) is 10.2. The number of nitrogens with one attached hydrogen (secondary N) is 4. The number of carbonyl (C=O) groups excluding carboxylic acids is 1. The maximum atomic E-state index is 11.8. The van der Waals surface area contributed by atoms with Crippen molar-refractivity contribution in [2.45, 2.75) is 25.8 Å². The first-order chi connectivity index (χ1) is 15.5. The Hall–Kier alpha value is -3.84. The first kappa shape index (κ1) is 21.4. The van der Waals surface area contributed by atoms with Crippen LogP contribution in [-0.2, 0) is 4.79 Å². The van der Waals surface area contributed by atoms with Crippen LogP contribution in [0.4, 0.5) is 28.7 Å². The number of anilines is 5. The molecule has 1 aliphatic carbocycles. The largest absolute Gasteiger partial charge is 0.372 e. The summed E-state index contributed by atoms with van der Waals surface area (Å²) >= 11 is 0. The van der Waals surface area contributed by atoms with E-state index in [4.69, 9.17) is 0 Å². The molecule has 0 bridgehead atoms. The summed E-state index contributed by atoms with van der Waals surface area (Å²) in [5, 5.41) is 26.5. The highest BCUT2D eigenvalue weighted by molar-refractivity contribution is 5.94. The van der Waals surface area contributed by atoms with Crippen molar-refractivity contribution in [2.24, 2.45) is 0 Å². The fourth-order valence-electron chi connectivity index (χ4n) is 3.43. The van der Waals surface area contributed by atoms with Gasteiger partial charge in [0.05, 0.1) is 17.6 Å². The smallest absolute Gasteiger partial charge is 0.221 e. The number of hydrogen-bond donors (Lipinski definition) is 4. The lowest BCUT2D eigenvalue weighted by molar-refractivity contribution is -0.114. The molecule has 1 aromatic carbocycles. The van der Waals surface area contributed by atoms with Gasteiger partial charge in [-0.3, -0.25) is 4.79 Å². The van der Waals surface area contributed by atoms with Crippen LogP contribution in [0.5, 0.6) is 0 Å². The lowest BCUT2D eigenvalue weighted by Gasteiger charge is -2.23. The van der Waals surface area contributed by atoms with E-state index in [-0.39, 0.29) is 5.91 Å². The highest BCUT2D eigenvalue weighted by Gasteiger charge is 2.23. The summed E-state index contributed by atoms with van der Waals surface area (Å²) in [5.41, 5.74) is 3.30. The van der Waals surface area contributed by atoms with Gasteiger partial charge in [-0.1, -0.05) is 0 Å². The molecule has 1 fully saturated rings. The van der Waals surface area contributed by atoms with Crippen LogP contribution in [0.3, 0.4) is 0 Å². The fourth-order valence-corrected chi connectivity index (χ4v) is 3.43. The van der Waals surface area contributed by atoms with Gasteiger partial charge in [0.1, 0.15) is 23.3 Å². The molecule has 10 heteroatoms. The number of likely N-dealkylation sites (N-methyl/N-ethyl adjacent to an activating group) is 2. The minimum Gasteiger partial charge on any atom is -0.372 e. The normalized spacial score (nSPS) is 12.9. The van der Waals surface area contributed by atoms with Crippen LogP contribution in [-0.4, -0.2) is 53.7 Å². The van der Waals surface area contributed by atoms with Crippen LogP contribution >= 0.6 is 0 Å². The van der Waals surface area contributed by atoms with Gasteiger partial charge in [0.25, 0.3) is 0 Å². The van der Waals surface area contributed by atoms with Gasteiger partial charge in [-0.25, -0.2) is 4.98 Å². The van der Waals surface area contributed by atoms with Crippen molar-refractivity contribution in [3.05, 3.63) is 36.0 Å². The first-order valence-corrected chi connectivity index (χ1v) is 10.6. The number of fused-ring (bicyclic) bond motifs is 1. The topological polar surface area (TPSA) is 122 Å². The number of carbonyl (C=O) groups is 1. The van der Waals surface area contributed by atoms with Crippen LogP contribution in [0, 0.1) is 11.3 Å². The van der Waals surface area contributed by atoms with Crippen molar-refractivity contribution in [1.82, 2.24) is 19.9 Å². The Kier molecular flexibility index (Phi) is 6.09. The average molecular weight is 434 g/mol. The molecule has 0 aliphatic heterocycles. The number of aromatic nitrogens is 3. The predicted molar refractivity (Wildman–Crippen MR) is 126 cm³/mol. The second kappa shape index (κ2) is 9.11. The predicted octanol–water partition coefficient (Wildman–Crippen LogP) is 2.53. The maximum absolute atomic E-state index is 11.8. The molecule has 1 aliphatic rings. The van der Waals surface area contributed by atoms with Crippen LogP contribution in [0.2, 0.25) is 0 Å². The summed E-state index contributed by atoms with van der Waals surface area (Å²) in [6.45, 7) is 3.11. The number of rotatable bonds is 9. The van der Waals surface area contributed by atoms with E-state index in [9.17, 15) is 10.1 Å². The van der Waals surface area contributed by atoms with E-state index < -0.39 is 0 Å². The molecule has 4 N–H and O–H groups in total. The van der Waals surface area contributed by atoms with Crippen LogP contribution in [0.15, 0.2) is 30.5 Å². The Morgan fingerprint density at radius 1 is 1.34 bits per heavy atom. The van der Waals surface area contributed by atoms with Gasteiger partial charge in [-0.15, -0.1) is 0 Å². The third kappa shape index (κ3) is 4.73. The van der Waals surface area contributed by atoms with E-state index in [0.29, 0.717) is 28.8 Å². The Morgan fingerprint density at radius 2 is 2.16 bits per heavy atom. The van der Waals surface area contributed by atoms with Crippen LogP contribution in [0.1, 0.15) is 25.3 Å². The third-order valence-corrected chi connectivity index (χ3v) is 5.21. The van der Waals surface area contributed by atoms with Gasteiger partial charge in [0.15, 0.2) is 5.65 Å². The molecule has 1 amide bonds. The van der Waals surface area contributed by atoms with Gasteiger partial charge in [0, 0.05) is 44.9 Å². The molecule has 0 saturated heterocycles. The molecule has 2 aromatic heterocycles. The number of nitriles is 1. The molecular weight excluding hydrogens is 406 g/mol. The van der Waals surface area contributed by atoms with E-state index in [1.807, 2.05) is 38.4 Å². The monoisotopic (exact) mass is 433 g/mol. The Balaban J connectivity index is 1.66. The Labute approximate surface area is 186 Å². The van der Waals surface area contributed by atoms with Crippen molar-refractivity contribution in [3.63, 3.8) is 0 Å². The van der Waals surface area contributed by atoms with Crippen molar-refractivity contribution in [1.29, 1.82) is 5.26 Å². The highest BCUT2D eigenvalue weighted by Crippen LogP contribution is 2.31. The van der Waals surface area contributed by atoms with Gasteiger partial charge in [0.2, 0.25) is 5.91 Å². The molecule has 166 valence electrons. The van der Waals surface area contributed by atoms with Crippen molar-refractivity contribution in [3.8, 4) is 6.07 Å². The molecule has 10 nitrogen and oxygen atoms in total. The summed E-state index contributed by atoms with van der Waals surface area (Å²) < 4.78 is 1.66. The van der Waals surface area contributed by atoms with E-state index in [0.717, 1.165) is 43.1 Å². The van der Waals surface area contributed by atoms with Crippen molar-refractivity contribution < 1.29 is 4.79 Å². The van der Waals surface area contributed by atoms with E-state index >= 15 is 0 Å². The van der Waals surface area contributed by atoms with E-state index in [1.54, 1.807) is 4.52 Å². The number of hydrogen-bond acceptors (Lipinski definition) is 8. The molecule has 0 atom stereocenters. The fraction of sp³-hybridized carbons (Fsp3) is 0.364. The third-order valence-electron chi connectivity index (χ3n) is 5.21. The molecule has 1 saturated carbocycles. The SMILES string of the molecule is CNCCN(C)c1ccc(Nc2cc(NC3CC3)n3ncc(C#N)c3n2)cc1NC(C)=O. The van der Waals surface area contributed by atoms with Gasteiger partial charge < -0.3 is 26.2 Å². The molecule has 2 heterocycles. The number of benzene rings is 1. The lowest BCUT2D eigenvalue weighted by atomic mass is 10.2. The maximum Gasteiger partial charge on any atom is 0.221 e. The number of nitrogens with zero attached hydrogens (tertiary/aromatic N) is 5. The quantitative estimate of drug-likeness (QED) is 0.406. The summed E-state index contributed by atoms with van der Waals surface area (Å²) in [7, 11) is 3.89. The van der Waals surface area contributed by atoms with Gasteiger partial charge in [-0.05, 0) is 38.1 Å². The summed E-state index contributed by atoms with van der Waals surface area (Å²) in [5.74, 6) is 1.23. The van der Waals surface area contributed by atoms with E-state index in [2.05, 4.69) is 42.3 Å². The first-order valence-electron chi connectivity index (χ1n) is 10.6. The highest BCUT2D eigenvalue weighted by atomic mass is 16.1. The molecule has 3 aromatic rings. The average Bonchev–Trinajstić information content (AvgIpc) is 3.48. The molecule has 32 heavy (non-hydrogen) atoms. The summed E-state index contributed by atoms with van der Waals surface area (Å²) in [6.07, 6.45) is 3.75. The summed E-state index contributed by atoms with van der Waals surface area (Å²) in [4.78, 5) is 18.5. The molecule has 0 radical (unpaired) electrons. The molecule has 0 unspecified atom stereocenters. The molecule has 0 spiro atoms. The zero-order valence-electron chi connectivity index (χ0n) is 18.4. The van der Waals surface area contributed by atoms with Gasteiger partial charge in [-0.2, -0.15) is 14.9 Å². The van der Waals surface area contributed by atoms with Crippen LogP contribution < -0.4 is 26.2 Å². The zero-order valence-corrected chi connectivity index (χ0v) is 18.4. The van der Waals surface area contributed by atoms with Crippen molar-refractivity contribution in [2.75, 3.05) is 48.0 Å². The second-order valence-electron chi connectivity index (χ2n) is 7.91. The molecular formula is C22H27N9O. The zero-order chi connectivity index (χ0) is 22.7. The van der Waals surface area contributed by atoms with Crippen molar-refractivity contribution >= 4 is 40.3 Å². The Bertz CT molecular complexity index is 1180.